The fraction of sp³-hybridized carbons (Fsp3) is 0.444. The number of benzene rings is 1. The quantitative estimate of drug-likeness (QED) is 0.793. The van der Waals surface area contributed by atoms with Gasteiger partial charge in [-0.15, -0.1) is 0 Å². The second kappa shape index (κ2) is 7.04. The van der Waals surface area contributed by atoms with Crippen molar-refractivity contribution >= 4 is 11.8 Å². The Morgan fingerprint density at radius 2 is 1.76 bits per heavy atom. The highest BCUT2D eigenvalue weighted by atomic mass is 16.5. The Hall–Kier alpha value is -2.70. The standard InChI is InChI=1S/C18H24N4O3/c1-10(2)12-7-14(23-3)15(24-4)8-13(12)25-16-9-20-18(22-17(16)19)21-11-5-6-11/h7-11H,5-6H2,1-4H3,(H3,19,20,21,22). The summed E-state index contributed by atoms with van der Waals surface area (Å²) in [6.45, 7) is 4.16. The first-order valence-electron chi connectivity index (χ1n) is 8.34. The van der Waals surface area contributed by atoms with E-state index in [1.54, 1.807) is 26.5 Å². The van der Waals surface area contributed by atoms with Crippen molar-refractivity contribution in [2.24, 2.45) is 0 Å². The van der Waals surface area contributed by atoms with Gasteiger partial charge in [0.2, 0.25) is 5.95 Å². The Bertz CT molecular complexity index is 760. The van der Waals surface area contributed by atoms with E-state index >= 15 is 0 Å². The van der Waals surface area contributed by atoms with Crippen LogP contribution in [-0.2, 0) is 0 Å². The molecule has 0 bridgehead atoms. The van der Waals surface area contributed by atoms with Gasteiger partial charge < -0.3 is 25.3 Å². The Labute approximate surface area is 147 Å². The van der Waals surface area contributed by atoms with Crippen LogP contribution in [0.1, 0.15) is 38.2 Å². The van der Waals surface area contributed by atoms with Gasteiger partial charge in [0.05, 0.1) is 20.4 Å². The Kier molecular flexibility index (Phi) is 4.83. The maximum Gasteiger partial charge on any atom is 0.225 e. The molecule has 1 heterocycles. The van der Waals surface area contributed by atoms with Crippen LogP contribution in [0.4, 0.5) is 11.8 Å². The lowest BCUT2D eigenvalue weighted by Crippen LogP contribution is -2.07. The van der Waals surface area contributed by atoms with Gasteiger partial charge >= 0.3 is 0 Å². The summed E-state index contributed by atoms with van der Waals surface area (Å²) in [7, 11) is 3.20. The topological polar surface area (TPSA) is 91.5 Å². The first kappa shape index (κ1) is 17.1. The van der Waals surface area contributed by atoms with E-state index in [4.69, 9.17) is 19.9 Å². The van der Waals surface area contributed by atoms with Gasteiger partial charge in [-0.25, -0.2) is 4.98 Å². The molecule has 0 unspecified atom stereocenters. The molecule has 0 spiro atoms. The predicted molar refractivity (Wildman–Crippen MR) is 96.8 cm³/mol. The number of nitrogens with one attached hydrogen (secondary N) is 1. The Morgan fingerprint density at radius 1 is 1.08 bits per heavy atom. The molecule has 3 N–H and O–H groups in total. The number of ether oxygens (including phenoxy) is 3. The summed E-state index contributed by atoms with van der Waals surface area (Å²) < 4.78 is 16.8. The number of rotatable bonds is 7. The molecule has 1 aliphatic rings. The van der Waals surface area contributed by atoms with Gasteiger partial charge in [-0.1, -0.05) is 13.8 Å². The third-order valence-electron chi connectivity index (χ3n) is 4.05. The molecule has 0 radical (unpaired) electrons. The summed E-state index contributed by atoms with van der Waals surface area (Å²) in [6, 6.07) is 4.17. The fourth-order valence-corrected chi connectivity index (χ4v) is 2.48. The zero-order chi connectivity index (χ0) is 18.0. The van der Waals surface area contributed by atoms with Crippen molar-refractivity contribution in [2.75, 3.05) is 25.3 Å². The summed E-state index contributed by atoms with van der Waals surface area (Å²) in [5.74, 6) is 3.36. The van der Waals surface area contributed by atoms with Crippen LogP contribution in [0.2, 0.25) is 0 Å². The molecule has 0 atom stereocenters. The first-order chi connectivity index (χ1) is 12.0. The molecule has 7 nitrogen and oxygen atoms in total. The average Bonchev–Trinajstić information content (AvgIpc) is 3.40. The fourth-order valence-electron chi connectivity index (χ4n) is 2.48. The molecule has 0 aliphatic heterocycles. The summed E-state index contributed by atoms with van der Waals surface area (Å²) in [4.78, 5) is 8.56. The van der Waals surface area contributed by atoms with Gasteiger partial charge in [-0.3, -0.25) is 0 Å². The molecule has 1 saturated carbocycles. The molecule has 0 amide bonds. The highest BCUT2D eigenvalue weighted by Crippen LogP contribution is 2.40. The van der Waals surface area contributed by atoms with E-state index in [0.29, 0.717) is 40.8 Å². The SMILES string of the molecule is COc1cc(Oc2cnc(NC3CC3)nc2N)c(C(C)C)cc1OC. The predicted octanol–water partition coefficient (Wildman–Crippen LogP) is 3.57. The molecule has 3 rings (SSSR count). The van der Waals surface area contributed by atoms with Crippen LogP contribution in [-0.4, -0.2) is 30.2 Å². The zero-order valence-electron chi connectivity index (χ0n) is 15.0. The molecule has 25 heavy (non-hydrogen) atoms. The van der Waals surface area contributed by atoms with E-state index < -0.39 is 0 Å². The number of methoxy groups -OCH3 is 2. The van der Waals surface area contributed by atoms with Gasteiger partial charge in [0.1, 0.15) is 5.75 Å². The number of nitrogen functional groups attached to an aromatic ring is 1. The highest BCUT2D eigenvalue weighted by molar-refractivity contribution is 5.56. The third kappa shape index (κ3) is 3.87. The maximum atomic E-state index is 6.05. The van der Waals surface area contributed by atoms with Crippen molar-refractivity contribution in [3.05, 3.63) is 23.9 Å². The lowest BCUT2D eigenvalue weighted by Gasteiger charge is -2.18. The van der Waals surface area contributed by atoms with E-state index in [1.807, 2.05) is 6.07 Å². The average molecular weight is 344 g/mol. The van der Waals surface area contributed by atoms with Gasteiger partial charge in [-0.2, -0.15) is 4.98 Å². The minimum absolute atomic E-state index is 0.229. The van der Waals surface area contributed by atoms with Crippen molar-refractivity contribution in [2.45, 2.75) is 38.6 Å². The third-order valence-corrected chi connectivity index (χ3v) is 4.05. The van der Waals surface area contributed by atoms with Gasteiger partial charge in [0.15, 0.2) is 23.1 Å². The first-order valence-corrected chi connectivity index (χ1v) is 8.34. The molecule has 1 aromatic heterocycles. The van der Waals surface area contributed by atoms with E-state index in [2.05, 4.69) is 29.1 Å². The largest absolute Gasteiger partial charge is 0.493 e. The Morgan fingerprint density at radius 3 is 2.32 bits per heavy atom. The van der Waals surface area contributed by atoms with Crippen LogP contribution < -0.4 is 25.3 Å². The second-order valence-corrected chi connectivity index (χ2v) is 6.36. The maximum absolute atomic E-state index is 6.05. The molecule has 1 aliphatic carbocycles. The molecule has 2 aromatic rings. The second-order valence-electron chi connectivity index (χ2n) is 6.36. The highest BCUT2D eigenvalue weighted by Gasteiger charge is 2.22. The summed E-state index contributed by atoms with van der Waals surface area (Å²) in [6.07, 6.45) is 3.88. The summed E-state index contributed by atoms with van der Waals surface area (Å²) >= 11 is 0. The number of aromatic nitrogens is 2. The molecule has 0 saturated heterocycles. The van der Waals surface area contributed by atoms with Crippen LogP contribution in [0.25, 0.3) is 0 Å². The molecule has 1 fully saturated rings. The van der Waals surface area contributed by atoms with E-state index in [-0.39, 0.29) is 5.92 Å². The van der Waals surface area contributed by atoms with Crippen molar-refractivity contribution in [3.63, 3.8) is 0 Å². The minimum Gasteiger partial charge on any atom is -0.493 e. The van der Waals surface area contributed by atoms with Crippen molar-refractivity contribution in [1.82, 2.24) is 9.97 Å². The zero-order valence-corrected chi connectivity index (χ0v) is 15.0. The summed E-state index contributed by atoms with van der Waals surface area (Å²) in [5.41, 5.74) is 7.03. The van der Waals surface area contributed by atoms with Crippen LogP contribution in [0, 0.1) is 0 Å². The number of hydrogen-bond acceptors (Lipinski definition) is 7. The van der Waals surface area contributed by atoms with Crippen molar-refractivity contribution in [3.8, 4) is 23.0 Å². The minimum atomic E-state index is 0.229. The monoisotopic (exact) mass is 344 g/mol. The van der Waals surface area contributed by atoms with E-state index in [9.17, 15) is 0 Å². The molecular formula is C18H24N4O3. The number of nitrogens with two attached hydrogens (primary N) is 1. The lowest BCUT2D eigenvalue weighted by atomic mass is 10.0. The number of anilines is 2. The van der Waals surface area contributed by atoms with Gasteiger partial charge in [-0.05, 0) is 24.8 Å². The van der Waals surface area contributed by atoms with E-state index in [0.717, 1.165) is 18.4 Å². The Balaban J connectivity index is 1.90. The lowest BCUT2D eigenvalue weighted by molar-refractivity contribution is 0.350. The molecule has 134 valence electrons. The number of hydrogen-bond donors (Lipinski definition) is 2. The van der Waals surface area contributed by atoms with Gasteiger partial charge in [0, 0.05) is 17.7 Å². The van der Waals surface area contributed by atoms with Gasteiger partial charge in [0.25, 0.3) is 0 Å². The van der Waals surface area contributed by atoms with Crippen molar-refractivity contribution in [1.29, 1.82) is 0 Å². The van der Waals surface area contributed by atoms with Crippen LogP contribution in [0.5, 0.6) is 23.0 Å². The van der Waals surface area contributed by atoms with E-state index in [1.165, 1.54) is 0 Å². The molecule has 7 heteroatoms. The van der Waals surface area contributed by atoms with Crippen LogP contribution in [0.15, 0.2) is 18.3 Å². The molecular weight excluding hydrogens is 320 g/mol. The molecule has 1 aromatic carbocycles. The smallest absolute Gasteiger partial charge is 0.225 e. The van der Waals surface area contributed by atoms with Crippen LogP contribution in [0.3, 0.4) is 0 Å². The van der Waals surface area contributed by atoms with Crippen LogP contribution >= 0.6 is 0 Å². The number of nitrogens with zero attached hydrogens (tertiary/aromatic N) is 2. The normalized spacial score (nSPS) is 13.6. The summed E-state index contributed by atoms with van der Waals surface area (Å²) in [5, 5.41) is 3.22. The van der Waals surface area contributed by atoms with Crippen molar-refractivity contribution < 1.29 is 14.2 Å².